The van der Waals surface area contributed by atoms with Gasteiger partial charge < -0.3 is 10.1 Å². The van der Waals surface area contributed by atoms with Gasteiger partial charge in [0.1, 0.15) is 10.9 Å². The summed E-state index contributed by atoms with van der Waals surface area (Å²) in [7, 11) is 0. The molecule has 0 spiro atoms. The van der Waals surface area contributed by atoms with E-state index in [0.717, 1.165) is 24.5 Å². The highest BCUT2D eigenvalue weighted by molar-refractivity contribution is 6.29. The van der Waals surface area contributed by atoms with Crippen molar-refractivity contribution in [2.45, 2.75) is 19.9 Å². The topological polar surface area (TPSA) is 64.3 Å². The van der Waals surface area contributed by atoms with Crippen molar-refractivity contribution in [1.82, 2.24) is 19.6 Å². The van der Waals surface area contributed by atoms with Crippen molar-refractivity contribution in [3.8, 4) is 5.75 Å². The summed E-state index contributed by atoms with van der Waals surface area (Å²) < 4.78 is 7.03. The highest BCUT2D eigenvalue weighted by atomic mass is 35.5. The number of rotatable bonds is 3. The number of benzene rings is 1. The molecule has 6 nitrogen and oxygen atoms in total. The van der Waals surface area contributed by atoms with Crippen LogP contribution in [0.25, 0.3) is 5.78 Å². The van der Waals surface area contributed by atoms with Crippen LogP contribution in [0.4, 0.5) is 5.95 Å². The Morgan fingerprint density at radius 2 is 2.23 bits per heavy atom. The number of fused-ring (bicyclic) bond motifs is 2. The molecule has 1 aromatic carbocycles. The van der Waals surface area contributed by atoms with Crippen LogP contribution in [0.2, 0.25) is 5.15 Å². The standard InChI is InChI=1S/C15H14ClN5O/c1-9-6-13(16)21-15(18-9)19-14(20-21)17-8-10-2-3-12-11(7-10)4-5-22-12/h2-3,6-7H,4-5,8H2,1H3,(H,17,20). The van der Waals surface area contributed by atoms with Gasteiger partial charge in [0.15, 0.2) is 0 Å². The summed E-state index contributed by atoms with van der Waals surface area (Å²) in [4.78, 5) is 8.65. The van der Waals surface area contributed by atoms with Gasteiger partial charge in [0.25, 0.3) is 5.78 Å². The molecular weight excluding hydrogens is 302 g/mol. The Bertz CT molecular complexity index is 861. The van der Waals surface area contributed by atoms with Crippen LogP contribution in [0.3, 0.4) is 0 Å². The van der Waals surface area contributed by atoms with Gasteiger partial charge in [0, 0.05) is 18.7 Å². The molecule has 3 heterocycles. The summed E-state index contributed by atoms with van der Waals surface area (Å²) in [6.07, 6.45) is 0.967. The fourth-order valence-corrected chi connectivity index (χ4v) is 2.82. The molecule has 3 aromatic rings. The van der Waals surface area contributed by atoms with E-state index in [4.69, 9.17) is 16.3 Å². The Balaban J connectivity index is 1.55. The number of anilines is 1. The lowest BCUT2D eigenvalue weighted by atomic mass is 10.1. The monoisotopic (exact) mass is 315 g/mol. The Morgan fingerprint density at radius 3 is 3.14 bits per heavy atom. The van der Waals surface area contributed by atoms with E-state index in [1.165, 1.54) is 15.6 Å². The molecule has 1 aliphatic rings. The summed E-state index contributed by atoms with van der Waals surface area (Å²) in [5.74, 6) is 1.99. The van der Waals surface area contributed by atoms with Gasteiger partial charge in [-0.3, -0.25) is 0 Å². The summed E-state index contributed by atoms with van der Waals surface area (Å²) in [6.45, 7) is 3.28. The largest absolute Gasteiger partial charge is 0.493 e. The third-order valence-electron chi connectivity index (χ3n) is 3.60. The van der Waals surface area contributed by atoms with Crippen molar-refractivity contribution >= 4 is 23.3 Å². The van der Waals surface area contributed by atoms with E-state index in [0.29, 0.717) is 23.4 Å². The molecular formula is C15H14ClN5O. The first-order chi connectivity index (χ1) is 10.7. The molecule has 0 bridgehead atoms. The molecule has 1 N–H and O–H groups in total. The number of hydrogen-bond donors (Lipinski definition) is 1. The van der Waals surface area contributed by atoms with Crippen LogP contribution in [0, 0.1) is 6.92 Å². The second kappa shape index (κ2) is 5.14. The quantitative estimate of drug-likeness (QED) is 0.753. The maximum absolute atomic E-state index is 6.14. The molecule has 0 radical (unpaired) electrons. The fraction of sp³-hybridized carbons (Fsp3) is 0.267. The minimum atomic E-state index is 0.495. The van der Waals surface area contributed by atoms with E-state index in [2.05, 4.69) is 26.4 Å². The zero-order valence-electron chi connectivity index (χ0n) is 12.0. The Morgan fingerprint density at radius 1 is 1.32 bits per heavy atom. The fourth-order valence-electron chi connectivity index (χ4n) is 2.55. The number of halogens is 1. The van der Waals surface area contributed by atoms with Crippen LogP contribution in [-0.4, -0.2) is 26.2 Å². The molecule has 0 saturated carbocycles. The molecule has 22 heavy (non-hydrogen) atoms. The smallest absolute Gasteiger partial charge is 0.255 e. The van der Waals surface area contributed by atoms with Gasteiger partial charge in [-0.15, -0.1) is 5.10 Å². The summed E-state index contributed by atoms with van der Waals surface area (Å²) in [6, 6.07) is 7.97. The molecule has 0 unspecified atom stereocenters. The third kappa shape index (κ3) is 2.35. The minimum Gasteiger partial charge on any atom is -0.493 e. The number of aromatic nitrogens is 4. The Kier molecular flexibility index (Phi) is 3.11. The molecule has 0 saturated heterocycles. The van der Waals surface area contributed by atoms with Crippen molar-refractivity contribution < 1.29 is 4.74 Å². The van der Waals surface area contributed by atoms with Gasteiger partial charge in [-0.2, -0.15) is 9.50 Å². The van der Waals surface area contributed by atoms with Gasteiger partial charge in [-0.05, 0) is 30.2 Å². The van der Waals surface area contributed by atoms with Crippen LogP contribution in [0.15, 0.2) is 24.3 Å². The molecule has 0 fully saturated rings. The Labute approximate surface area is 132 Å². The van der Waals surface area contributed by atoms with E-state index in [-0.39, 0.29) is 0 Å². The van der Waals surface area contributed by atoms with Gasteiger partial charge in [-0.1, -0.05) is 23.7 Å². The highest BCUT2D eigenvalue weighted by Crippen LogP contribution is 2.26. The van der Waals surface area contributed by atoms with Crippen LogP contribution in [-0.2, 0) is 13.0 Å². The number of aryl methyl sites for hydroxylation is 1. The number of ether oxygens (including phenoxy) is 1. The maximum Gasteiger partial charge on any atom is 0.255 e. The second-order valence-corrected chi connectivity index (χ2v) is 5.65. The first kappa shape index (κ1) is 13.3. The van der Waals surface area contributed by atoms with E-state index >= 15 is 0 Å². The van der Waals surface area contributed by atoms with Crippen molar-refractivity contribution in [3.63, 3.8) is 0 Å². The number of nitrogens with one attached hydrogen (secondary N) is 1. The van der Waals surface area contributed by atoms with E-state index in [1.807, 2.05) is 19.1 Å². The number of hydrogen-bond acceptors (Lipinski definition) is 5. The summed E-state index contributed by atoms with van der Waals surface area (Å²) in [5, 5.41) is 8.02. The highest BCUT2D eigenvalue weighted by Gasteiger charge is 2.12. The maximum atomic E-state index is 6.14. The van der Waals surface area contributed by atoms with E-state index in [9.17, 15) is 0 Å². The van der Waals surface area contributed by atoms with Gasteiger partial charge in [-0.25, -0.2) is 4.98 Å². The SMILES string of the molecule is Cc1cc(Cl)n2nc(NCc3ccc4c(c3)CCO4)nc2n1. The molecule has 7 heteroatoms. The summed E-state index contributed by atoms with van der Waals surface area (Å²) >= 11 is 6.14. The third-order valence-corrected chi connectivity index (χ3v) is 3.87. The molecule has 2 aromatic heterocycles. The zero-order valence-corrected chi connectivity index (χ0v) is 12.8. The van der Waals surface area contributed by atoms with Crippen LogP contribution in [0.1, 0.15) is 16.8 Å². The lowest BCUT2D eigenvalue weighted by Crippen LogP contribution is -2.01. The van der Waals surface area contributed by atoms with Crippen LogP contribution in [0.5, 0.6) is 5.75 Å². The average Bonchev–Trinajstić information content (AvgIpc) is 3.10. The second-order valence-electron chi connectivity index (χ2n) is 5.26. The van der Waals surface area contributed by atoms with Crippen LogP contribution >= 0.6 is 11.6 Å². The molecule has 0 aliphatic carbocycles. The summed E-state index contributed by atoms with van der Waals surface area (Å²) in [5.41, 5.74) is 3.23. The first-order valence-electron chi connectivity index (χ1n) is 7.07. The molecule has 0 amide bonds. The van der Waals surface area contributed by atoms with Crippen molar-refractivity contribution in [3.05, 3.63) is 46.2 Å². The average molecular weight is 316 g/mol. The normalized spacial score (nSPS) is 13.2. The molecule has 4 rings (SSSR count). The van der Waals surface area contributed by atoms with Gasteiger partial charge in [0.05, 0.1) is 6.61 Å². The lowest BCUT2D eigenvalue weighted by Gasteiger charge is -2.04. The van der Waals surface area contributed by atoms with Crippen molar-refractivity contribution in [1.29, 1.82) is 0 Å². The predicted molar refractivity (Wildman–Crippen MR) is 83.5 cm³/mol. The van der Waals surface area contributed by atoms with Gasteiger partial charge >= 0.3 is 0 Å². The van der Waals surface area contributed by atoms with Crippen molar-refractivity contribution in [2.24, 2.45) is 0 Å². The zero-order chi connectivity index (χ0) is 15.1. The van der Waals surface area contributed by atoms with E-state index in [1.54, 1.807) is 6.07 Å². The lowest BCUT2D eigenvalue weighted by molar-refractivity contribution is 0.357. The molecule has 0 atom stereocenters. The van der Waals surface area contributed by atoms with E-state index < -0.39 is 0 Å². The van der Waals surface area contributed by atoms with Crippen molar-refractivity contribution in [2.75, 3.05) is 11.9 Å². The minimum absolute atomic E-state index is 0.495. The first-order valence-corrected chi connectivity index (χ1v) is 7.45. The molecule has 112 valence electrons. The molecule has 1 aliphatic heterocycles. The van der Waals surface area contributed by atoms with Gasteiger partial charge in [0.2, 0.25) is 5.95 Å². The van der Waals surface area contributed by atoms with Crippen LogP contribution < -0.4 is 10.1 Å². The predicted octanol–water partition coefficient (Wildman–Crippen LogP) is 2.63. The Hall–Kier alpha value is -2.34. The number of nitrogens with zero attached hydrogens (tertiary/aromatic N) is 4.